The van der Waals surface area contributed by atoms with Crippen molar-refractivity contribution < 1.29 is 18.9 Å². The summed E-state index contributed by atoms with van der Waals surface area (Å²) in [7, 11) is 5.90. The van der Waals surface area contributed by atoms with Gasteiger partial charge >= 0.3 is 0 Å². The van der Waals surface area contributed by atoms with Crippen molar-refractivity contribution in [1.29, 1.82) is 0 Å². The minimum absolute atomic E-state index is 0.0333. The Morgan fingerprint density at radius 2 is 2.10 bits per heavy atom. The number of rotatable bonds is 5. The van der Waals surface area contributed by atoms with Gasteiger partial charge in [-0.05, 0) is 58.3 Å². The number of benzene rings is 1. The topological polar surface area (TPSA) is 40.2 Å². The number of likely N-dealkylation sites (tertiary alicyclic amines) is 1. The lowest BCUT2D eigenvalue weighted by atomic mass is 9.37. The van der Waals surface area contributed by atoms with Gasteiger partial charge < -0.3 is 23.8 Å². The van der Waals surface area contributed by atoms with Gasteiger partial charge in [-0.2, -0.15) is 0 Å². The van der Waals surface area contributed by atoms with Crippen LogP contribution in [0.25, 0.3) is 0 Å². The summed E-state index contributed by atoms with van der Waals surface area (Å²) in [6.45, 7) is 6.09. The molecule has 0 radical (unpaired) electrons. The van der Waals surface area contributed by atoms with E-state index in [2.05, 4.69) is 50.1 Å². The maximum absolute atomic E-state index is 6.94. The standard InChI is InChI=1S/C25H33NO4/c1-6-29-15(2)17-14-23-9-10-25(17,28-5)22-24(23)11-12-26(3)19(23)13-16-7-8-18(27-4)21(30-22)20(16)24/h7-10,15,17,19,22H,6,11-14H2,1-5H3/t15-,17+,19+,22-,23+,24-,25+/m0/s1. The first-order valence-corrected chi connectivity index (χ1v) is 11.4. The molecule has 1 aromatic rings. The fourth-order valence-corrected chi connectivity index (χ4v) is 8.17. The summed E-state index contributed by atoms with van der Waals surface area (Å²) in [6, 6.07) is 4.83. The molecule has 2 spiro atoms. The molecule has 2 fully saturated rings. The second-order valence-corrected chi connectivity index (χ2v) is 9.95. The van der Waals surface area contributed by atoms with Crippen LogP contribution in [0.5, 0.6) is 11.5 Å². The molecule has 5 heteroatoms. The van der Waals surface area contributed by atoms with Gasteiger partial charge in [0.15, 0.2) is 11.5 Å². The van der Waals surface area contributed by atoms with Gasteiger partial charge in [0.2, 0.25) is 0 Å². The highest BCUT2D eigenvalue weighted by atomic mass is 16.6. The number of hydrogen-bond acceptors (Lipinski definition) is 5. The monoisotopic (exact) mass is 411 g/mol. The lowest BCUT2D eigenvalue weighted by Crippen LogP contribution is -2.79. The van der Waals surface area contributed by atoms with Crippen LogP contribution in [0.4, 0.5) is 0 Å². The van der Waals surface area contributed by atoms with Crippen molar-refractivity contribution in [2.45, 2.75) is 62.4 Å². The number of fused-ring (bicyclic) bond motifs is 1. The Hall–Kier alpha value is -1.56. The first-order chi connectivity index (χ1) is 14.5. The van der Waals surface area contributed by atoms with E-state index in [0.29, 0.717) is 12.6 Å². The van der Waals surface area contributed by atoms with Crippen molar-refractivity contribution in [2.75, 3.05) is 34.4 Å². The van der Waals surface area contributed by atoms with Crippen LogP contribution in [0.3, 0.4) is 0 Å². The largest absolute Gasteiger partial charge is 0.493 e. The van der Waals surface area contributed by atoms with Gasteiger partial charge in [-0.15, -0.1) is 0 Å². The van der Waals surface area contributed by atoms with Crippen LogP contribution in [0, 0.1) is 11.3 Å². The van der Waals surface area contributed by atoms with Crippen LogP contribution < -0.4 is 9.47 Å². The highest BCUT2D eigenvalue weighted by Gasteiger charge is 2.79. The zero-order chi connectivity index (χ0) is 20.9. The molecule has 0 aromatic heterocycles. The molecule has 1 saturated carbocycles. The number of likely N-dealkylation sites (N-methyl/N-ethyl adjacent to an activating group) is 1. The van der Waals surface area contributed by atoms with E-state index >= 15 is 0 Å². The number of ether oxygens (including phenoxy) is 4. The van der Waals surface area contributed by atoms with Crippen molar-refractivity contribution in [3.8, 4) is 11.5 Å². The van der Waals surface area contributed by atoms with E-state index in [1.165, 1.54) is 11.1 Å². The molecule has 2 aliphatic heterocycles. The Bertz CT molecular complexity index is 930. The molecule has 6 aliphatic rings. The Kier molecular flexibility index (Phi) is 3.84. The van der Waals surface area contributed by atoms with Gasteiger partial charge in [0.05, 0.1) is 18.6 Å². The Labute approximate surface area is 179 Å². The normalized spacial score (nSPS) is 43.3. The van der Waals surface area contributed by atoms with E-state index in [4.69, 9.17) is 18.9 Å². The Morgan fingerprint density at radius 1 is 1.27 bits per heavy atom. The summed E-state index contributed by atoms with van der Waals surface area (Å²) in [5.74, 6) is 2.06. The van der Waals surface area contributed by atoms with Gasteiger partial charge in [0.1, 0.15) is 11.7 Å². The van der Waals surface area contributed by atoms with Gasteiger partial charge in [-0.25, -0.2) is 0 Å². The quantitative estimate of drug-likeness (QED) is 0.695. The van der Waals surface area contributed by atoms with E-state index in [-0.39, 0.29) is 29.0 Å². The van der Waals surface area contributed by atoms with Crippen LogP contribution in [0.15, 0.2) is 24.3 Å². The molecule has 5 nitrogen and oxygen atoms in total. The van der Waals surface area contributed by atoms with Gasteiger partial charge in [0, 0.05) is 36.7 Å². The molecule has 4 bridgehead atoms. The average molecular weight is 412 g/mol. The van der Waals surface area contributed by atoms with Crippen LogP contribution in [0.2, 0.25) is 0 Å². The van der Waals surface area contributed by atoms with E-state index in [1.807, 2.05) is 7.11 Å². The second kappa shape index (κ2) is 6.02. The third-order valence-electron chi connectivity index (χ3n) is 9.32. The molecule has 4 aliphatic carbocycles. The molecule has 1 saturated heterocycles. The van der Waals surface area contributed by atoms with Crippen LogP contribution in [-0.4, -0.2) is 63.2 Å². The summed E-state index contributed by atoms with van der Waals surface area (Å²) in [5.41, 5.74) is 2.32. The van der Waals surface area contributed by atoms with Gasteiger partial charge in [0.25, 0.3) is 0 Å². The minimum Gasteiger partial charge on any atom is -0.493 e. The molecule has 0 amide bonds. The molecular weight excluding hydrogens is 378 g/mol. The molecule has 1 aromatic carbocycles. The molecule has 30 heavy (non-hydrogen) atoms. The molecule has 7 rings (SSSR count). The number of nitrogens with zero attached hydrogens (tertiary/aromatic N) is 1. The number of piperidine rings is 1. The summed E-state index contributed by atoms with van der Waals surface area (Å²) in [6.07, 6.45) is 8.13. The lowest BCUT2D eigenvalue weighted by Gasteiger charge is -2.71. The Morgan fingerprint density at radius 3 is 2.83 bits per heavy atom. The van der Waals surface area contributed by atoms with Crippen molar-refractivity contribution in [3.63, 3.8) is 0 Å². The summed E-state index contributed by atoms with van der Waals surface area (Å²) in [4.78, 5) is 2.59. The minimum atomic E-state index is -0.491. The van der Waals surface area contributed by atoms with Crippen molar-refractivity contribution in [2.24, 2.45) is 11.3 Å². The smallest absolute Gasteiger partial charge is 0.166 e. The van der Waals surface area contributed by atoms with Gasteiger partial charge in [-0.1, -0.05) is 18.2 Å². The highest BCUT2D eigenvalue weighted by Crippen LogP contribution is 2.74. The fraction of sp³-hybridized carbons (Fsp3) is 0.680. The molecule has 7 atom stereocenters. The predicted octanol–water partition coefficient (Wildman–Crippen LogP) is 3.34. The maximum atomic E-state index is 6.94. The Balaban J connectivity index is 1.64. The first kappa shape index (κ1) is 19.1. The fourth-order valence-electron chi connectivity index (χ4n) is 8.17. The average Bonchev–Trinajstić information content (AvgIpc) is 3.13. The highest BCUT2D eigenvalue weighted by molar-refractivity contribution is 5.65. The molecule has 0 N–H and O–H groups in total. The molecular formula is C25H33NO4. The molecule has 0 unspecified atom stereocenters. The summed E-state index contributed by atoms with van der Waals surface area (Å²) in [5, 5.41) is 0. The van der Waals surface area contributed by atoms with Gasteiger partial charge in [-0.3, -0.25) is 0 Å². The van der Waals surface area contributed by atoms with Crippen LogP contribution in [0.1, 0.15) is 37.8 Å². The van der Waals surface area contributed by atoms with E-state index in [9.17, 15) is 0 Å². The summed E-state index contributed by atoms with van der Waals surface area (Å²) < 4.78 is 25.3. The van der Waals surface area contributed by atoms with Crippen LogP contribution >= 0.6 is 0 Å². The third-order valence-corrected chi connectivity index (χ3v) is 9.32. The lowest BCUT2D eigenvalue weighted by molar-refractivity contribution is -0.232. The van der Waals surface area contributed by atoms with E-state index < -0.39 is 5.60 Å². The van der Waals surface area contributed by atoms with Crippen LogP contribution in [-0.2, 0) is 21.3 Å². The molecule has 162 valence electrons. The molecule has 2 heterocycles. The number of methoxy groups -OCH3 is 2. The third kappa shape index (κ3) is 1.84. The van der Waals surface area contributed by atoms with Crippen molar-refractivity contribution in [3.05, 3.63) is 35.4 Å². The van der Waals surface area contributed by atoms with E-state index in [1.54, 1.807) is 7.11 Å². The predicted molar refractivity (Wildman–Crippen MR) is 114 cm³/mol. The van der Waals surface area contributed by atoms with Crippen molar-refractivity contribution >= 4 is 0 Å². The number of hydrogen-bond donors (Lipinski definition) is 0. The maximum Gasteiger partial charge on any atom is 0.166 e. The SMILES string of the molecule is CCO[C@@H](C)[C@H]1C[C@@]23C=C[C@]1(OC)[C@H]1Oc4c(OC)ccc5c4[C@@]12CCN(C)[C@@H]3C5. The van der Waals surface area contributed by atoms with E-state index in [0.717, 1.165) is 37.3 Å². The first-order valence-electron chi connectivity index (χ1n) is 11.4. The van der Waals surface area contributed by atoms with Crippen molar-refractivity contribution in [1.82, 2.24) is 4.90 Å². The zero-order valence-corrected chi connectivity index (χ0v) is 18.7. The summed E-state index contributed by atoms with van der Waals surface area (Å²) >= 11 is 0. The zero-order valence-electron chi connectivity index (χ0n) is 18.7. The second-order valence-electron chi connectivity index (χ2n) is 9.95.